The van der Waals surface area contributed by atoms with Crippen LogP contribution in [-0.4, -0.2) is 36.0 Å². The molecule has 0 aliphatic carbocycles. The van der Waals surface area contributed by atoms with Gasteiger partial charge in [-0.3, -0.25) is 0 Å². The fourth-order valence-electron chi connectivity index (χ4n) is 1.86. The Kier molecular flexibility index (Phi) is 3.79. The average molecular weight is 223 g/mol. The summed E-state index contributed by atoms with van der Waals surface area (Å²) < 4.78 is 2.08. The van der Waals surface area contributed by atoms with Gasteiger partial charge in [0.05, 0.1) is 12.2 Å². The van der Waals surface area contributed by atoms with E-state index in [9.17, 15) is 0 Å². The number of nitrogens with one attached hydrogen (secondary N) is 2. The molecule has 0 aromatic carbocycles. The first-order chi connectivity index (χ1) is 7.81. The van der Waals surface area contributed by atoms with Gasteiger partial charge in [-0.05, 0) is 18.9 Å². The molecule has 1 saturated heterocycles. The van der Waals surface area contributed by atoms with Crippen molar-refractivity contribution in [2.45, 2.75) is 19.4 Å². The number of hydrogen-bond acceptors (Lipinski definition) is 4. The van der Waals surface area contributed by atoms with Crippen molar-refractivity contribution in [1.29, 1.82) is 0 Å². The van der Waals surface area contributed by atoms with Crippen molar-refractivity contribution >= 4 is 5.82 Å². The summed E-state index contributed by atoms with van der Waals surface area (Å²) in [6, 6.07) is 2.55. The molecule has 1 atom stereocenters. The molecule has 2 heterocycles. The largest absolute Gasteiger partial charge is 0.370 e. The number of anilines is 1. The van der Waals surface area contributed by atoms with Gasteiger partial charge in [0.25, 0.3) is 0 Å². The highest BCUT2D eigenvalue weighted by Crippen LogP contribution is 2.17. The third-order valence-electron chi connectivity index (χ3n) is 3.07. The van der Waals surface area contributed by atoms with Crippen molar-refractivity contribution in [3.8, 4) is 0 Å². The number of aromatic nitrogens is 2. The van der Waals surface area contributed by atoms with E-state index in [0.717, 1.165) is 38.4 Å². The highest BCUT2D eigenvalue weighted by molar-refractivity contribution is 5.34. The Morgan fingerprint density at radius 2 is 2.50 bits per heavy atom. The zero-order chi connectivity index (χ0) is 11.4. The standard InChI is InChI=1S/C11H21N5/c1-9(2-4-12)6-14-11-3-5-15-16(11)10-7-13-8-10/h3,5,9-10,13-14H,2,4,6-8,12H2,1H3. The molecule has 1 unspecified atom stereocenters. The van der Waals surface area contributed by atoms with Crippen LogP contribution in [0.25, 0.3) is 0 Å². The molecule has 5 heteroatoms. The maximum Gasteiger partial charge on any atom is 0.124 e. The third kappa shape index (κ3) is 2.54. The second-order valence-electron chi connectivity index (χ2n) is 4.54. The smallest absolute Gasteiger partial charge is 0.124 e. The maximum absolute atomic E-state index is 5.53. The van der Waals surface area contributed by atoms with Crippen molar-refractivity contribution < 1.29 is 0 Å². The lowest BCUT2D eigenvalue weighted by atomic mass is 10.1. The molecule has 90 valence electrons. The van der Waals surface area contributed by atoms with Crippen LogP contribution in [0.5, 0.6) is 0 Å². The van der Waals surface area contributed by atoms with Crippen molar-refractivity contribution in [1.82, 2.24) is 15.1 Å². The van der Waals surface area contributed by atoms with Crippen LogP contribution >= 0.6 is 0 Å². The van der Waals surface area contributed by atoms with Gasteiger partial charge in [0.15, 0.2) is 0 Å². The lowest BCUT2D eigenvalue weighted by molar-refractivity contribution is 0.321. The minimum atomic E-state index is 0.516. The minimum absolute atomic E-state index is 0.516. The molecule has 2 rings (SSSR count). The molecule has 4 N–H and O–H groups in total. The molecule has 5 nitrogen and oxygen atoms in total. The molecule has 1 aliphatic heterocycles. The molecule has 0 bridgehead atoms. The van der Waals surface area contributed by atoms with Gasteiger partial charge in [0.2, 0.25) is 0 Å². The molecule has 1 aliphatic rings. The Hall–Kier alpha value is -1.07. The van der Waals surface area contributed by atoms with Crippen molar-refractivity contribution in [2.75, 3.05) is 31.5 Å². The molecule has 1 aromatic rings. The predicted molar refractivity (Wildman–Crippen MR) is 65.5 cm³/mol. The lowest BCUT2D eigenvalue weighted by Crippen LogP contribution is -2.44. The summed E-state index contributed by atoms with van der Waals surface area (Å²) in [6.45, 7) is 5.98. The first-order valence-electron chi connectivity index (χ1n) is 5.99. The molecule has 0 amide bonds. The van der Waals surface area contributed by atoms with Crippen LogP contribution in [0.2, 0.25) is 0 Å². The minimum Gasteiger partial charge on any atom is -0.370 e. The number of rotatable bonds is 6. The van der Waals surface area contributed by atoms with E-state index < -0.39 is 0 Å². The summed E-state index contributed by atoms with van der Waals surface area (Å²) in [7, 11) is 0. The van der Waals surface area contributed by atoms with E-state index in [1.54, 1.807) is 0 Å². The summed E-state index contributed by atoms with van der Waals surface area (Å²) in [5, 5.41) is 11.1. The van der Waals surface area contributed by atoms with Gasteiger partial charge in [-0.1, -0.05) is 6.92 Å². The Morgan fingerprint density at radius 1 is 1.69 bits per heavy atom. The van der Waals surface area contributed by atoms with E-state index in [0.29, 0.717) is 12.0 Å². The zero-order valence-corrected chi connectivity index (χ0v) is 9.82. The summed E-state index contributed by atoms with van der Waals surface area (Å²) in [5.41, 5.74) is 5.53. The van der Waals surface area contributed by atoms with Gasteiger partial charge >= 0.3 is 0 Å². The van der Waals surface area contributed by atoms with Gasteiger partial charge in [0, 0.05) is 25.7 Å². The fourth-order valence-corrected chi connectivity index (χ4v) is 1.86. The van der Waals surface area contributed by atoms with Gasteiger partial charge in [-0.2, -0.15) is 5.10 Å². The first-order valence-corrected chi connectivity index (χ1v) is 5.99. The van der Waals surface area contributed by atoms with Crippen molar-refractivity contribution in [2.24, 2.45) is 11.7 Å². The highest BCUT2D eigenvalue weighted by atomic mass is 15.4. The highest BCUT2D eigenvalue weighted by Gasteiger charge is 2.21. The second-order valence-corrected chi connectivity index (χ2v) is 4.54. The molecule has 1 aromatic heterocycles. The Bertz CT molecular complexity index is 318. The molecule has 1 fully saturated rings. The summed E-state index contributed by atoms with van der Waals surface area (Å²) in [5.74, 6) is 1.73. The fraction of sp³-hybridized carbons (Fsp3) is 0.727. The average Bonchev–Trinajstić information content (AvgIpc) is 2.61. The van der Waals surface area contributed by atoms with Crippen LogP contribution < -0.4 is 16.4 Å². The van der Waals surface area contributed by atoms with Crippen molar-refractivity contribution in [3.05, 3.63) is 12.3 Å². The van der Waals surface area contributed by atoms with E-state index in [2.05, 4.69) is 27.3 Å². The van der Waals surface area contributed by atoms with Crippen LogP contribution in [0, 0.1) is 5.92 Å². The number of hydrogen-bond donors (Lipinski definition) is 3. The monoisotopic (exact) mass is 223 g/mol. The Labute approximate surface area is 96.4 Å². The molecule has 16 heavy (non-hydrogen) atoms. The van der Waals surface area contributed by atoms with Crippen LogP contribution in [0.3, 0.4) is 0 Å². The quantitative estimate of drug-likeness (QED) is 0.654. The van der Waals surface area contributed by atoms with Gasteiger partial charge < -0.3 is 16.4 Å². The molecule has 0 saturated carbocycles. The van der Waals surface area contributed by atoms with E-state index in [1.807, 2.05) is 12.3 Å². The summed E-state index contributed by atoms with van der Waals surface area (Å²) in [4.78, 5) is 0. The maximum atomic E-state index is 5.53. The summed E-state index contributed by atoms with van der Waals surface area (Å²) in [6.07, 6.45) is 2.92. The normalized spacial score (nSPS) is 18.1. The number of nitrogens with zero attached hydrogens (tertiary/aromatic N) is 2. The van der Waals surface area contributed by atoms with Gasteiger partial charge in [0.1, 0.15) is 5.82 Å². The number of nitrogens with two attached hydrogens (primary N) is 1. The summed E-state index contributed by atoms with van der Waals surface area (Å²) >= 11 is 0. The van der Waals surface area contributed by atoms with E-state index in [-0.39, 0.29) is 0 Å². The Morgan fingerprint density at radius 3 is 3.12 bits per heavy atom. The second kappa shape index (κ2) is 5.32. The predicted octanol–water partition coefficient (Wildman–Crippen LogP) is 0.424. The van der Waals surface area contributed by atoms with Crippen LogP contribution in [0.15, 0.2) is 12.3 Å². The SMILES string of the molecule is CC(CCN)CNc1ccnn1C1CNC1. The molecule has 0 spiro atoms. The topological polar surface area (TPSA) is 67.9 Å². The van der Waals surface area contributed by atoms with E-state index in [1.165, 1.54) is 0 Å². The molecule has 0 radical (unpaired) electrons. The van der Waals surface area contributed by atoms with Gasteiger partial charge in [-0.15, -0.1) is 0 Å². The van der Waals surface area contributed by atoms with E-state index >= 15 is 0 Å². The van der Waals surface area contributed by atoms with Crippen LogP contribution in [0.4, 0.5) is 5.82 Å². The third-order valence-corrected chi connectivity index (χ3v) is 3.07. The Balaban J connectivity index is 1.86. The van der Waals surface area contributed by atoms with Crippen LogP contribution in [-0.2, 0) is 0 Å². The lowest BCUT2D eigenvalue weighted by Gasteiger charge is -2.29. The first kappa shape index (κ1) is 11.4. The molecular formula is C11H21N5. The van der Waals surface area contributed by atoms with Crippen molar-refractivity contribution in [3.63, 3.8) is 0 Å². The molecular weight excluding hydrogens is 202 g/mol. The zero-order valence-electron chi connectivity index (χ0n) is 9.82. The van der Waals surface area contributed by atoms with E-state index in [4.69, 9.17) is 5.73 Å². The van der Waals surface area contributed by atoms with Gasteiger partial charge in [-0.25, -0.2) is 4.68 Å². The van der Waals surface area contributed by atoms with Crippen LogP contribution in [0.1, 0.15) is 19.4 Å².